The molecule has 1 aliphatic carbocycles. The lowest BCUT2D eigenvalue weighted by atomic mass is 9.69. The largest absolute Gasteiger partial charge is 0.354 e. The summed E-state index contributed by atoms with van der Waals surface area (Å²) >= 11 is 5.29. The zero-order valence-corrected chi connectivity index (χ0v) is 17.1. The molecule has 1 N–H and O–H groups in total. The van der Waals surface area contributed by atoms with Crippen LogP contribution in [-0.4, -0.2) is 35.6 Å². The fraction of sp³-hybridized carbons (Fsp3) is 0.125. The molecular formula is C24H21N3OS. The number of thiocarbonyl (C=S) groups is 1. The van der Waals surface area contributed by atoms with Gasteiger partial charge in [-0.1, -0.05) is 84.9 Å². The summed E-state index contributed by atoms with van der Waals surface area (Å²) in [5, 5.41) is 4.89. The lowest BCUT2D eigenvalue weighted by molar-refractivity contribution is -0.115. The Labute approximate surface area is 175 Å². The van der Waals surface area contributed by atoms with Gasteiger partial charge in [0.1, 0.15) is 11.1 Å². The Morgan fingerprint density at radius 3 is 1.93 bits per heavy atom. The number of ketones is 1. The Morgan fingerprint density at radius 2 is 1.38 bits per heavy atom. The zero-order valence-electron chi connectivity index (χ0n) is 16.3. The van der Waals surface area contributed by atoms with Crippen molar-refractivity contribution >= 4 is 28.8 Å². The lowest BCUT2D eigenvalue weighted by Gasteiger charge is -2.30. The number of hydrogen-bond acceptors (Lipinski definition) is 3. The van der Waals surface area contributed by atoms with Gasteiger partial charge in [0, 0.05) is 19.7 Å². The molecule has 5 heteroatoms. The van der Waals surface area contributed by atoms with Gasteiger partial charge in [0.15, 0.2) is 5.11 Å². The number of carbonyl (C=O) groups is 1. The number of fused-ring (bicyclic) bond motifs is 1. The normalized spacial score (nSPS) is 15.8. The van der Waals surface area contributed by atoms with Crippen molar-refractivity contribution in [2.45, 2.75) is 5.41 Å². The molecule has 0 bridgehead atoms. The second-order valence-corrected chi connectivity index (χ2v) is 7.52. The maximum absolute atomic E-state index is 14.0. The molecular weight excluding hydrogens is 378 g/mol. The fourth-order valence-corrected chi connectivity index (χ4v) is 3.92. The van der Waals surface area contributed by atoms with Crippen molar-refractivity contribution in [3.63, 3.8) is 0 Å². The van der Waals surface area contributed by atoms with Crippen molar-refractivity contribution in [3.8, 4) is 0 Å². The van der Waals surface area contributed by atoms with E-state index in [9.17, 15) is 4.79 Å². The van der Waals surface area contributed by atoms with Crippen LogP contribution in [0.3, 0.4) is 0 Å². The number of hydrogen-bond donors (Lipinski definition) is 1. The molecule has 0 fully saturated rings. The highest BCUT2D eigenvalue weighted by Gasteiger charge is 2.52. The summed E-state index contributed by atoms with van der Waals surface area (Å²) in [6.07, 6.45) is 0. The molecule has 29 heavy (non-hydrogen) atoms. The van der Waals surface area contributed by atoms with Crippen LogP contribution in [0.4, 0.5) is 0 Å². The molecule has 4 rings (SSSR count). The molecule has 0 amide bonds. The molecule has 3 aromatic carbocycles. The van der Waals surface area contributed by atoms with Crippen molar-refractivity contribution in [2.75, 3.05) is 14.1 Å². The van der Waals surface area contributed by atoms with Gasteiger partial charge < -0.3 is 4.90 Å². The van der Waals surface area contributed by atoms with Crippen LogP contribution in [0, 0.1) is 0 Å². The molecule has 0 saturated heterocycles. The Kier molecular flexibility index (Phi) is 4.99. The number of nitrogens with zero attached hydrogens (tertiary/aromatic N) is 2. The summed E-state index contributed by atoms with van der Waals surface area (Å²) in [6.45, 7) is 0. The van der Waals surface area contributed by atoms with Crippen LogP contribution in [0.25, 0.3) is 0 Å². The summed E-state index contributed by atoms with van der Waals surface area (Å²) in [4.78, 5) is 15.8. The van der Waals surface area contributed by atoms with E-state index in [1.165, 1.54) is 0 Å². The third-order valence-corrected chi connectivity index (χ3v) is 5.68. The molecule has 0 aliphatic heterocycles. The van der Waals surface area contributed by atoms with Crippen molar-refractivity contribution in [2.24, 2.45) is 5.10 Å². The fourth-order valence-electron chi connectivity index (χ4n) is 3.87. The monoisotopic (exact) mass is 399 g/mol. The summed E-state index contributed by atoms with van der Waals surface area (Å²) in [5.74, 6) is -0.0647. The Hall–Kier alpha value is -3.31. The molecule has 4 nitrogen and oxygen atoms in total. The SMILES string of the molecule is CN(C)C(=S)N/N=C1/C(=O)C(c2ccccc2)(c2ccccc2)c2ccccc21. The van der Waals surface area contributed by atoms with E-state index < -0.39 is 5.41 Å². The summed E-state index contributed by atoms with van der Waals surface area (Å²) in [6, 6.07) is 27.6. The molecule has 1 aliphatic rings. The first kappa shape index (κ1) is 19.0. The number of hydrazone groups is 1. The number of nitrogens with one attached hydrogen (secondary N) is 1. The van der Waals surface area contributed by atoms with Gasteiger partial charge in [-0.05, 0) is 28.9 Å². The third-order valence-electron chi connectivity index (χ3n) is 5.22. The second kappa shape index (κ2) is 7.60. The molecule has 0 unspecified atom stereocenters. The molecule has 0 spiro atoms. The van der Waals surface area contributed by atoms with E-state index in [0.29, 0.717) is 10.8 Å². The number of carbonyl (C=O) groups excluding carboxylic acids is 1. The first-order valence-corrected chi connectivity index (χ1v) is 9.78. The Bertz CT molecular complexity index is 1050. The van der Waals surface area contributed by atoms with E-state index >= 15 is 0 Å². The molecule has 144 valence electrons. The maximum atomic E-state index is 14.0. The van der Waals surface area contributed by atoms with Crippen LogP contribution in [0.5, 0.6) is 0 Å². The first-order valence-electron chi connectivity index (χ1n) is 9.37. The van der Waals surface area contributed by atoms with Crippen LogP contribution in [-0.2, 0) is 10.2 Å². The second-order valence-electron chi connectivity index (χ2n) is 7.13. The molecule has 0 atom stereocenters. The van der Waals surface area contributed by atoms with Gasteiger partial charge in [-0.15, -0.1) is 0 Å². The van der Waals surface area contributed by atoms with Crippen LogP contribution in [0.2, 0.25) is 0 Å². The van der Waals surface area contributed by atoms with E-state index in [1.807, 2.05) is 99.0 Å². The van der Waals surface area contributed by atoms with Gasteiger partial charge in [-0.3, -0.25) is 10.2 Å². The average molecular weight is 400 g/mol. The highest BCUT2D eigenvalue weighted by Crippen LogP contribution is 2.46. The van der Waals surface area contributed by atoms with Gasteiger partial charge in [0.05, 0.1) is 0 Å². The minimum Gasteiger partial charge on any atom is -0.354 e. The molecule has 3 aromatic rings. The van der Waals surface area contributed by atoms with E-state index in [0.717, 1.165) is 22.3 Å². The third kappa shape index (κ3) is 3.04. The van der Waals surface area contributed by atoms with E-state index in [1.54, 1.807) is 4.90 Å². The summed E-state index contributed by atoms with van der Waals surface area (Å²) in [5.41, 5.74) is 5.89. The van der Waals surface area contributed by atoms with Gasteiger partial charge in [-0.25, -0.2) is 0 Å². The van der Waals surface area contributed by atoms with Crippen molar-refractivity contribution in [3.05, 3.63) is 107 Å². The molecule has 0 aromatic heterocycles. The van der Waals surface area contributed by atoms with E-state index in [2.05, 4.69) is 10.5 Å². The van der Waals surface area contributed by atoms with Gasteiger partial charge in [-0.2, -0.15) is 5.10 Å². The summed E-state index contributed by atoms with van der Waals surface area (Å²) < 4.78 is 0. The van der Waals surface area contributed by atoms with Gasteiger partial charge in [0.2, 0.25) is 5.78 Å². The van der Waals surface area contributed by atoms with Crippen LogP contribution in [0.15, 0.2) is 90.0 Å². The Balaban J connectivity index is 1.99. The minimum atomic E-state index is -0.945. The number of benzene rings is 3. The maximum Gasteiger partial charge on any atom is 0.202 e. The van der Waals surface area contributed by atoms with E-state index in [4.69, 9.17) is 12.2 Å². The van der Waals surface area contributed by atoms with Gasteiger partial charge in [0.25, 0.3) is 0 Å². The smallest absolute Gasteiger partial charge is 0.202 e. The van der Waals surface area contributed by atoms with Gasteiger partial charge >= 0.3 is 0 Å². The quantitative estimate of drug-likeness (QED) is 0.538. The Morgan fingerprint density at radius 1 is 0.862 bits per heavy atom. The standard InChI is InChI=1S/C24H21N3OS/c1-27(2)23(29)26-25-21-19-15-9-10-16-20(19)24(22(21)28,17-11-5-3-6-12-17)18-13-7-4-8-14-18/h3-16H,1-2H3,(H,26,29)/b25-21+. The van der Waals surface area contributed by atoms with E-state index in [-0.39, 0.29) is 5.78 Å². The van der Waals surface area contributed by atoms with Crippen LogP contribution >= 0.6 is 12.2 Å². The predicted octanol–water partition coefficient (Wildman–Crippen LogP) is 3.74. The van der Waals surface area contributed by atoms with Crippen LogP contribution < -0.4 is 5.43 Å². The molecule has 0 radical (unpaired) electrons. The highest BCUT2D eigenvalue weighted by molar-refractivity contribution is 7.80. The van der Waals surface area contributed by atoms with Crippen LogP contribution in [0.1, 0.15) is 22.3 Å². The highest BCUT2D eigenvalue weighted by atomic mass is 32.1. The minimum absolute atomic E-state index is 0.0647. The lowest BCUT2D eigenvalue weighted by Crippen LogP contribution is -2.38. The molecule has 0 heterocycles. The summed E-state index contributed by atoms with van der Waals surface area (Å²) in [7, 11) is 3.66. The van der Waals surface area contributed by atoms with Crippen molar-refractivity contribution in [1.29, 1.82) is 0 Å². The zero-order chi connectivity index (χ0) is 20.4. The average Bonchev–Trinajstić information content (AvgIpc) is 3.01. The first-order chi connectivity index (χ1) is 14.1. The predicted molar refractivity (Wildman–Crippen MR) is 120 cm³/mol. The number of rotatable bonds is 3. The molecule has 0 saturated carbocycles. The van der Waals surface area contributed by atoms with Crippen molar-refractivity contribution in [1.82, 2.24) is 10.3 Å². The topological polar surface area (TPSA) is 44.7 Å². The number of Topliss-reactive ketones (excluding diaryl/α,β-unsaturated/α-hetero) is 1. The van der Waals surface area contributed by atoms with Crippen molar-refractivity contribution < 1.29 is 4.79 Å².